The molecule has 0 saturated heterocycles. The normalized spacial score (nSPS) is 10.7. The van der Waals surface area contributed by atoms with Crippen molar-refractivity contribution >= 4 is 32.5 Å². The first kappa shape index (κ1) is 12.7. The summed E-state index contributed by atoms with van der Waals surface area (Å²) < 4.78 is 0.706. The van der Waals surface area contributed by atoms with Crippen LogP contribution >= 0.6 is 15.9 Å². The molecular weight excluding hydrogens is 322 g/mol. The number of halogens is 1. The van der Waals surface area contributed by atoms with Crippen LogP contribution in [0.25, 0.3) is 22.2 Å². The molecule has 0 saturated carbocycles. The van der Waals surface area contributed by atoms with Crippen LogP contribution < -0.4 is 0 Å². The number of non-ortho nitro benzene ring substituents is 1. The van der Waals surface area contributed by atoms with Crippen molar-refractivity contribution in [3.63, 3.8) is 0 Å². The summed E-state index contributed by atoms with van der Waals surface area (Å²) in [5.41, 5.74) is 2.21. The van der Waals surface area contributed by atoms with E-state index in [0.717, 1.165) is 5.56 Å². The number of fused-ring (bicyclic) bond motifs is 1. The van der Waals surface area contributed by atoms with Gasteiger partial charge in [-0.05, 0) is 22.0 Å². The lowest BCUT2D eigenvalue weighted by Crippen LogP contribution is -1.93. The Morgan fingerprint density at radius 1 is 1.05 bits per heavy atom. The fourth-order valence-electron chi connectivity index (χ4n) is 1.96. The Kier molecular flexibility index (Phi) is 3.15. The lowest BCUT2D eigenvalue weighted by molar-refractivity contribution is -0.384. The van der Waals surface area contributed by atoms with Crippen LogP contribution in [-0.2, 0) is 0 Å². The van der Waals surface area contributed by atoms with Crippen LogP contribution in [0.15, 0.2) is 53.0 Å². The van der Waals surface area contributed by atoms with Crippen molar-refractivity contribution in [2.45, 2.75) is 0 Å². The fraction of sp³-hybridized carbons (Fsp3) is 0. The van der Waals surface area contributed by atoms with E-state index in [0.29, 0.717) is 21.1 Å². The van der Waals surface area contributed by atoms with Crippen LogP contribution in [0.5, 0.6) is 0 Å². The summed E-state index contributed by atoms with van der Waals surface area (Å²) in [5.74, 6) is 0. The standard InChI is InChI=1S/C14H8BrN3O2/c15-13-11-8-10(18(19)20)6-7-12(11)16-17-14(13)9-4-2-1-3-5-9/h1-8H. The molecule has 0 radical (unpaired) electrons. The number of aromatic nitrogens is 2. The minimum atomic E-state index is -0.422. The molecule has 0 fully saturated rings. The fourth-order valence-corrected chi connectivity index (χ4v) is 2.58. The molecule has 0 aliphatic carbocycles. The second-order valence-electron chi connectivity index (χ2n) is 4.19. The second-order valence-corrected chi connectivity index (χ2v) is 4.98. The number of nitro benzene ring substituents is 1. The predicted molar refractivity (Wildman–Crippen MR) is 79.3 cm³/mol. The minimum Gasteiger partial charge on any atom is -0.258 e. The summed E-state index contributed by atoms with van der Waals surface area (Å²) in [6, 6.07) is 14.1. The number of hydrogen-bond acceptors (Lipinski definition) is 4. The van der Waals surface area contributed by atoms with Crippen LogP contribution in [-0.4, -0.2) is 15.1 Å². The topological polar surface area (TPSA) is 68.9 Å². The summed E-state index contributed by atoms with van der Waals surface area (Å²) in [6.07, 6.45) is 0. The summed E-state index contributed by atoms with van der Waals surface area (Å²) in [6.45, 7) is 0. The highest BCUT2D eigenvalue weighted by molar-refractivity contribution is 9.10. The molecule has 0 aliphatic rings. The van der Waals surface area contributed by atoms with Gasteiger partial charge in [-0.1, -0.05) is 30.3 Å². The number of benzene rings is 2. The van der Waals surface area contributed by atoms with Gasteiger partial charge in [0.1, 0.15) is 5.69 Å². The van der Waals surface area contributed by atoms with Gasteiger partial charge in [0, 0.05) is 23.1 Å². The molecule has 1 aromatic heterocycles. The van der Waals surface area contributed by atoms with E-state index in [1.54, 1.807) is 6.07 Å². The molecule has 98 valence electrons. The zero-order chi connectivity index (χ0) is 14.1. The lowest BCUT2D eigenvalue weighted by atomic mass is 10.1. The molecule has 0 spiro atoms. The Morgan fingerprint density at radius 3 is 2.50 bits per heavy atom. The predicted octanol–water partition coefficient (Wildman–Crippen LogP) is 3.97. The van der Waals surface area contributed by atoms with E-state index in [9.17, 15) is 10.1 Å². The highest BCUT2D eigenvalue weighted by Gasteiger charge is 2.13. The van der Waals surface area contributed by atoms with Crippen LogP contribution in [0, 0.1) is 10.1 Å². The average molecular weight is 330 g/mol. The van der Waals surface area contributed by atoms with Gasteiger partial charge in [-0.25, -0.2) is 0 Å². The Morgan fingerprint density at radius 2 is 1.80 bits per heavy atom. The highest BCUT2D eigenvalue weighted by Crippen LogP contribution is 2.33. The summed E-state index contributed by atoms with van der Waals surface area (Å²) >= 11 is 3.48. The van der Waals surface area contributed by atoms with Gasteiger partial charge in [-0.2, -0.15) is 0 Å². The third-order valence-corrected chi connectivity index (χ3v) is 3.74. The van der Waals surface area contributed by atoms with Crippen molar-refractivity contribution in [3.8, 4) is 11.3 Å². The Balaban J connectivity index is 2.26. The Bertz CT molecular complexity index is 806. The molecule has 0 atom stereocenters. The highest BCUT2D eigenvalue weighted by atomic mass is 79.9. The van der Waals surface area contributed by atoms with Crippen LogP contribution in [0.1, 0.15) is 0 Å². The number of nitro groups is 1. The van der Waals surface area contributed by atoms with Crippen molar-refractivity contribution in [3.05, 3.63) is 63.1 Å². The van der Waals surface area contributed by atoms with E-state index < -0.39 is 4.92 Å². The SMILES string of the molecule is O=[N+]([O-])c1ccc2nnc(-c3ccccc3)c(Br)c2c1. The minimum absolute atomic E-state index is 0.0326. The van der Waals surface area contributed by atoms with Crippen LogP contribution in [0.3, 0.4) is 0 Å². The smallest absolute Gasteiger partial charge is 0.258 e. The molecule has 0 bridgehead atoms. The number of nitrogens with zero attached hydrogens (tertiary/aromatic N) is 3. The van der Waals surface area contributed by atoms with Crippen LogP contribution in [0.4, 0.5) is 5.69 Å². The van der Waals surface area contributed by atoms with Gasteiger partial charge in [0.15, 0.2) is 0 Å². The van der Waals surface area contributed by atoms with E-state index in [1.165, 1.54) is 12.1 Å². The van der Waals surface area contributed by atoms with Gasteiger partial charge in [-0.15, -0.1) is 10.2 Å². The number of rotatable bonds is 2. The molecule has 1 heterocycles. The van der Waals surface area contributed by atoms with E-state index in [4.69, 9.17) is 0 Å². The monoisotopic (exact) mass is 329 g/mol. The van der Waals surface area contributed by atoms with Gasteiger partial charge in [0.25, 0.3) is 5.69 Å². The zero-order valence-corrected chi connectivity index (χ0v) is 11.7. The first-order valence-electron chi connectivity index (χ1n) is 5.82. The zero-order valence-electron chi connectivity index (χ0n) is 10.2. The molecule has 0 aliphatic heterocycles. The molecule has 5 nitrogen and oxygen atoms in total. The quantitative estimate of drug-likeness (QED) is 0.527. The first-order chi connectivity index (χ1) is 9.66. The first-order valence-corrected chi connectivity index (χ1v) is 6.62. The van der Waals surface area contributed by atoms with Gasteiger partial charge < -0.3 is 0 Å². The maximum Gasteiger partial charge on any atom is 0.270 e. The molecule has 0 unspecified atom stereocenters. The molecule has 0 N–H and O–H groups in total. The van der Waals surface area contributed by atoms with Crippen molar-refractivity contribution in [2.24, 2.45) is 0 Å². The molecule has 0 amide bonds. The summed E-state index contributed by atoms with van der Waals surface area (Å²) in [4.78, 5) is 10.4. The maximum absolute atomic E-state index is 10.9. The van der Waals surface area contributed by atoms with Crippen molar-refractivity contribution in [1.29, 1.82) is 0 Å². The lowest BCUT2D eigenvalue weighted by Gasteiger charge is -2.06. The third kappa shape index (κ3) is 2.14. The largest absolute Gasteiger partial charge is 0.270 e. The molecular formula is C14H8BrN3O2. The van der Waals surface area contributed by atoms with E-state index in [-0.39, 0.29) is 5.69 Å². The second kappa shape index (κ2) is 4.97. The van der Waals surface area contributed by atoms with E-state index in [1.807, 2.05) is 30.3 Å². The Labute approximate surface area is 122 Å². The summed E-state index contributed by atoms with van der Waals surface area (Å²) in [7, 11) is 0. The maximum atomic E-state index is 10.9. The number of hydrogen-bond donors (Lipinski definition) is 0. The summed E-state index contributed by atoms with van der Waals surface area (Å²) in [5, 5.41) is 19.8. The molecule has 2 aromatic carbocycles. The average Bonchev–Trinajstić information content (AvgIpc) is 2.48. The molecule has 20 heavy (non-hydrogen) atoms. The molecule has 3 rings (SSSR count). The van der Waals surface area contributed by atoms with Gasteiger partial charge in [0.2, 0.25) is 0 Å². The van der Waals surface area contributed by atoms with Gasteiger partial charge in [0.05, 0.1) is 14.9 Å². The van der Waals surface area contributed by atoms with Crippen molar-refractivity contribution < 1.29 is 4.92 Å². The van der Waals surface area contributed by atoms with E-state index in [2.05, 4.69) is 26.1 Å². The van der Waals surface area contributed by atoms with Gasteiger partial charge in [-0.3, -0.25) is 10.1 Å². The molecule has 3 aromatic rings. The van der Waals surface area contributed by atoms with Crippen LogP contribution in [0.2, 0.25) is 0 Å². The van der Waals surface area contributed by atoms with Crippen molar-refractivity contribution in [1.82, 2.24) is 10.2 Å². The molecule has 6 heteroatoms. The van der Waals surface area contributed by atoms with Crippen molar-refractivity contribution in [2.75, 3.05) is 0 Å². The third-order valence-electron chi connectivity index (χ3n) is 2.94. The van der Waals surface area contributed by atoms with Gasteiger partial charge >= 0.3 is 0 Å². The Hall–Kier alpha value is -2.34. The van der Waals surface area contributed by atoms with E-state index >= 15 is 0 Å².